The van der Waals surface area contributed by atoms with Crippen LogP contribution >= 0.6 is 11.3 Å². The number of hydrogen-bond acceptors (Lipinski definition) is 8. The van der Waals surface area contributed by atoms with Gasteiger partial charge in [-0.2, -0.15) is 5.10 Å². The zero-order valence-corrected chi connectivity index (χ0v) is 18.8. The number of anilines is 2. The van der Waals surface area contributed by atoms with E-state index in [1.54, 1.807) is 17.1 Å². The van der Waals surface area contributed by atoms with Gasteiger partial charge in [0.05, 0.1) is 11.4 Å². The van der Waals surface area contributed by atoms with Gasteiger partial charge in [0.25, 0.3) is 5.91 Å². The molecule has 2 aliphatic rings. The Morgan fingerprint density at radius 1 is 1.09 bits per heavy atom. The number of rotatable bonds is 6. The van der Waals surface area contributed by atoms with Gasteiger partial charge in [0.2, 0.25) is 5.91 Å². The second kappa shape index (κ2) is 9.53. The summed E-state index contributed by atoms with van der Waals surface area (Å²) in [5.41, 5.74) is 2.94. The van der Waals surface area contributed by atoms with Crippen LogP contribution in [0, 0.1) is 5.92 Å². The molecule has 2 aliphatic heterocycles. The number of amides is 2. The van der Waals surface area contributed by atoms with Gasteiger partial charge in [-0.3, -0.25) is 9.59 Å². The lowest BCUT2D eigenvalue weighted by atomic mass is 9.99. The predicted molar refractivity (Wildman–Crippen MR) is 124 cm³/mol. The molecule has 0 spiro atoms. The van der Waals surface area contributed by atoms with Crippen molar-refractivity contribution < 1.29 is 14.3 Å². The summed E-state index contributed by atoms with van der Waals surface area (Å²) in [6.45, 7) is 2.58. The van der Waals surface area contributed by atoms with Crippen molar-refractivity contribution in [2.75, 3.05) is 36.4 Å². The summed E-state index contributed by atoms with van der Waals surface area (Å²) in [6, 6.07) is 11.2. The molecule has 5 rings (SSSR count). The largest absolute Gasteiger partial charge is 0.490 e. The molecule has 0 radical (unpaired) electrons. The van der Waals surface area contributed by atoms with E-state index in [2.05, 4.69) is 20.5 Å². The van der Waals surface area contributed by atoms with Crippen LogP contribution in [0.1, 0.15) is 23.3 Å². The second-order valence-corrected chi connectivity index (χ2v) is 8.90. The quantitative estimate of drug-likeness (QED) is 0.599. The Labute approximate surface area is 195 Å². The first-order valence-corrected chi connectivity index (χ1v) is 11.9. The average molecular weight is 465 g/mol. The van der Waals surface area contributed by atoms with Gasteiger partial charge < -0.3 is 19.9 Å². The molecule has 3 aromatic rings. The van der Waals surface area contributed by atoms with Gasteiger partial charge in [0.15, 0.2) is 5.82 Å². The van der Waals surface area contributed by atoms with E-state index >= 15 is 0 Å². The Bertz CT molecular complexity index is 1080. The van der Waals surface area contributed by atoms with Gasteiger partial charge in [0.1, 0.15) is 17.5 Å². The summed E-state index contributed by atoms with van der Waals surface area (Å²) in [5, 5.41) is 12.7. The molecule has 0 atom stereocenters. The van der Waals surface area contributed by atoms with Crippen molar-refractivity contribution >= 4 is 34.7 Å². The summed E-state index contributed by atoms with van der Waals surface area (Å²) < 4.78 is 6.09. The van der Waals surface area contributed by atoms with Crippen LogP contribution in [0.2, 0.25) is 0 Å². The van der Waals surface area contributed by atoms with E-state index in [9.17, 15) is 9.59 Å². The zero-order valence-electron chi connectivity index (χ0n) is 18.0. The number of thiazole rings is 1. The topological polar surface area (TPSA) is 101 Å². The minimum Gasteiger partial charge on any atom is -0.490 e. The molecule has 2 fully saturated rings. The van der Waals surface area contributed by atoms with Crippen LogP contribution in [0.3, 0.4) is 0 Å². The molecule has 0 saturated carbocycles. The first-order chi connectivity index (χ1) is 16.2. The summed E-state index contributed by atoms with van der Waals surface area (Å²) in [5.74, 6) is 1.47. The molecular weight excluding hydrogens is 440 g/mol. The minimum absolute atomic E-state index is 0.000889. The van der Waals surface area contributed by atoms with E-state index in [0.717, 1.165) is 30.1 Å². The van der Waals surface area contributed by atoms with E-state index in [1.165, 1.54) is 11.3 Å². The van der Waals surface area contributed by atoms with Crippen molar-refractivity contribution in [2.24, 2.45) is 5.92 Å². The lowest BCUT2D eigenvalue weighted by Crippen LogP contribution is -2.52. The lowest BCUT2D eigenvalue weighted by Gasteiger charge is -2.38. The zero-order chi connectivity index (χ0) is 22.6. The van der Waals surface area contributed by atoms with Gasteiger partial charge >= 0.3 is 0 Å². The maximum atomic E-state index is 12.5. The fourth-order valence-corrected chi connectivity index (χ4v) is 4.53. The Balaban J connectivity index is 1.06. The summed E-state index contributed by atoms with van der Waals surface area (Å²) in [6.07, 6.45) is 3.25. The molecule has 1 aromatic carbocycles. The number of likely N-dealkylation sites (tertiary alicyclic amines) is 1. The van der Waals surface area contributed by atoms with Crippen molar-refractivity contribution in [2.45, 2.75) is 18.9 Å². The Morgan fingerprint density at radius 3 is 2.55 bits per heavy atom. The molecule has 2 saturated heterocycles. The Morgan fingerprint density at radius 2 is 1.88 bits per heavy atom. The number of carbonyl (C=O) groups is 2. The van der Waals surface area contributed by atoms with Crippen LogP contribution in [0.25, 0.3) is 0 Å². The lowest BCUT2D eigenvalue weighted by molar-refractivity contribution is -0.120. The highest BCUT2D eigenvalue weighted by Gasteiger charge is 2.33. The molecule has 0 bridgehead atoms. The van der Waals surface area contributed by atoms with Gasteiger partial charge in [-0.25, -0.2) is 4.98 Å². The molecule has 170 valence electrons. The number of nitrogens with zero attached hydrogens (tertiary/aromatic N) is 5. The van der Waals surface area contributed by atoms with Crippen LogP contribution in [0.5, 0.6) is 5.75 Å². The molecule has 1 N–H and O–H groups in total. The Kier molecular flexibility index (Phi) is 6.16. The number of piperidine rings is 1. The maximum absolute atomic E-state index is 12.5. The molecule has 4 heterocycles. The smallest absolute Gasteiger partial charge is 0.273 e. The third-order valence-electron chi connectivity index (χ3n) is 5.94. The van der Waals surface area contributed by atoms with E-state index in [1.807, 2.05) is 46.2 Å². The van der Waals surface area contributed by atoms with Gasteiger partial charge in [0, 0.05) is 56.3 Å². The standard InChI is InChI=1S/C23H24N6O3S/c30-22(16-12-29(13-16)21-2-1-9-25-27-21)26-17-3-5-18(6-4-17)32-19-7-10-28(11-8-19)23(31)20-14-33-15-24-20/h1-6,9,14-16,19H,7-8,10-13H2,(H,26,30). The molecule has 10 heteroatoms. The van der Waals surface area contributed by atoms with Crippen LogP contribution in [-0.2, 0) is 4.79 Å². The van der Waals surface area contributed by atoms with Gasteiger partial charge in [-0.05, 0) is 36.4 Å². The first kappa shape index (κ1) is 21.3. The highest BCUT2D eigenvalue weighted by Crippen LogP contribution is 2.25. The van der Waals surface area contributed by atoms with Crippen molar-refractivity contribution in [3.8, 4) is 5.75 Å². The highest BCUT2D eigenvalue weighted by atomic mass is 32.1. The third kappa shape index (κ3) is 4.95. The average Bonchev–Trinajstić information content (AvgIpc) is 3.35. The number of carbonyl (C=O) groups excluding carboxylic acids is 2. The Hall–Kier alpha value is -3.53. The van der Waals surface area contributed by atoms with E-state index in [-0.39, 0.29) is 23.8 Å². The molecule has 0 aliphatic carbocycles. The molecule has 9 nitrogen and oxygen atoms in total. The first-order valence-electron chi connectivity index (χ1n) is 10.9. The molecule has 0 unspecified atom stereocenters. The molecule has 2 amide bonds. The monoisotopic (exact) mass is 464 g/mol. The normalized spacial score (nSPS) is 16.8. The van der Waals surface area contributed by atoms with Crippen LogP contribution in [0.15, 0.2) is 53.5 Å². The van der Waals surface area contributed by atoms with Crippen molar-refractivity contribution in [1.82, 2.24) is 20.1 Å². The number of benzene rings is 1. The number of hydrogen-bond donors (Lipinski definition) is 1. The van der Waals surface area contributed by atoms with Gasteiger partial charge in [-0.15, -0.1) is 16.4 Å². The summed E-state index contributed by atoms with van der Waals surface area (Å²) >= 11 is 1.43. The highest BCUT2D eigenvalue weighted by molar-refractivity contribution is 7.07. The predicted octanol–water partition coefficient (Wildman–Crippen LogP) is 2.69. The SMILES string of the molecule is O=C(Nc1ccc(OC2CCN(C(=O)c3cscn3)CC2)cc1)C1CN(c2cccnn2)C1. The van der Waals surface area contributed by atoms with E-state index < -0.39 is 0 Å². The number of ether oxygens (including phenoxy) is 1. The van der Waals surface area contributed by atoms with Crippen LogP contribution in [0.4, 0.5) is 11.5 Å². The van der Waals surface area contributed by atoms with Gasteiger partial charge in [-0.1, -0.05) is 0 Å². The number of aromatic nitrogens is 3. The molecule has 33 heavy (non-hydrogen) atoms. The second-order valence-electron chi connectivity index (χ2n) is 8.18. The van der Waals surface area contributed by atoms with Crippen LogP contribution in [-0.4, -0.2) is 64.2 Å². The van der Waals surface area contributed by atoms with E-state index in [0.29, 0.717) is 31.9 Å². The van der Waals surface area contributed by atoms with Crippen molar-refractivity contribution in [3.05, 3.63) is 59.2 Å². The minimum atomic E-state index is -0.0693. The van der Waals surface area contributed by atoms with Crippen molar-refractivity contribution in [3.63, 3.8) is 0 Å². The molecular formula is C23H24N6O3S. The van der Waals surface area contributed by atoms with Crippen molar-refractivity contribution in [1.29, 1.82) is 0 Å². The summed E-state index contributed by atoms with van der Waals surface area (Å²) in [4.78, 5) is 32.9. The maximum Gasteiger partial charge on any atom is 0.273 e. The summed E-state index contributed by atoms with van der Waals surface area (Å²) in [7, 11) is 0. The fraction of sp³-hybridized carbons (Fsp3) is 0.348. The fourth-order valence-electron chi connectivity index (χ4n) is 4.00. The van der Waals surface area contributed by atoms with E-state index in [4.69, 9.17) is 4.74 Å². The third-order valence-corrected chi connectivity index (χ3v) is 6.53. The molecule has 2 aromatic heterocycles. The number of nitrogens with one attached hydrogen (secondary N) is 1. The van der Waals surface area contributed by atoms with Crippen LogP contribution < -0.4 is 15.0 Å².